The fourth-order valence-electron chi connectivity index (χ4n) is 1.40. The van der Waals surface area contributed by atoms with Crippen molar-refractivity contribution in [2.24, 2.45) is 0 Å². The lowest BCUT2D eigenvalue weighted by molar-refractivity contribution is -0.118. The van der Waals surface area contributed by atoms with Crippen LogP contribution in [0.1, 0.15) is 17.3 Å². The number of nitrogens with one attached hydrogen (secondary N) is 3. The SMILES string of the molecule is COC(=O)c1ccc(NC(=O)NCCNC(C)=O)cc1. The number of anilines is 1. The van der Waals surface area contributed by atoms with Crippen LogP contribution >= 0.6 is 0 Å². The predicted molar refractivity (Wildman–Crippen MR) is 73.5 cm³/mol. The molecule has 0 aliphatic rings. The monoisotopic (exact) mass is 279 g/mol. The van der Waals surface area contributed by atoms with Gasteiger partial charge < -0.3 is 20.7 Å². The highest BCUT2D eigenvalue weighted by Crippen LogP contribution is 2.10. The number of urea groups is 1. The van der Waals surface area contributed by atoms with Crippen LogP contribution in [0.5, 0.6) is 0 Å². The zero-order chi connectivity index (χ0) is 15.0. The van der Waals surface area contributed by atoms with Crippen molar-refractivity contribution in [1.82, 2.24) is 10.6 Å². The fourth-order valence-corrected chi connectivity index (χ4v) is 1.40. The summed E-state index contributed by atoms with van der Waals surface area (Å²) in [6, 6.07) is 5.91. The molecule has 0 fully saturated rings. The molecule has 0 aliphatic heterocycles. The first-order valence-electron chi connectivity index (χ1n) is 6.00. The number of carbonyl (C=O) groups excluding carboxylic acids is 3. The number of carbonyl (C=O) groups is 3. The normalized spacial score (nSPS) is 9.50. The van der Waals surface area contributed by atoms with Gasteiger partial charge in [-0.05, 0) is 24.3 Å². The molecule has 0 atom stereocenters. The van der Waals surface area contributed by atoms with E-state index in [0.717, 1.165) is 0 Å². The lowest BCUT2D eigenvalue weighted by Gasteiger charge is -2.08. The van der Waals surface area contributed by atoms with Crippen molar-refractivity contribution in [1.29, 1.82) is 0 Å². The predicted octanol–water partition coefficient (Wildman–Crippen LogP) is 0.731. The number of hydrogen-bond donors (Lipinski definition) is 3. The number of methoxy groups -OCH3 is 1. The Bertz CT molecular complexity index is 485. The summed E-state index contributed by atoms with van der Waals surface area (Å²) in [6.45, 7) is 2.10. The second kappa shape index (κ2) is 7.78. The van der Waals surface area contributed by atoms with E-state index in [9.17, 15) is 14.4 Å². The van der Waals surface area contributed by atoms with Crippen molar-refractivity contribution >= 4 is 23.6 Å². The second-order valence-corrected chi connectivity index (χ2v) is 3.93. The van der Waals surface area contributed by atoms with Crippen LogP contribution in [0.4, 0.5) is 10.5 Å². The lowest BCUT2D eigenvalue weighted by atomic mass is 10.2. The van der Waals surface area contributed by atoms with Gasteiger partial charge in [0.2, 0.25) is 5.91 Å². The van der Waals surface area contributed by atoms with Gasteiger partial charge >= 0.3 is 12.0 Å². The first kappa shape index (κ1) is 15.5. The molecular weight excluding hydrogens is 262 g/mol. The largest absolute Gasteiger partial charge is 0.465 e. The highest BCUT2D eigenvalue weighted by Gasteiger charge is 2.05. The minimum absolute atomic E-state index is 0.148. The van der Waals surface area contributed by atoms with Crippen molar-refractivity contribution in [3.63, 3.8) is 0 Å². The number of esters is 1. The van der Waals surface area contributed by atoms with Gasteiger partial charge in [-0.15, -0.1) is 0 Å². The van der Waals surface area contributed by atoms with E-state index in [2.05, 4.69) is 20.7 Å². The molecule has 1 aromatic carbocycles. The first-order valence-corrected chi connectivity index (χ1v) is 6.00. The van der Waals surface area contributed by atoms with Gasteiger partial charge in [0.05, 0.1) is 12.7 Å². The Morgan fingerprint density at radius 2 is 1.65 bits per heavy atom. The molecule has 108 valence electrons. The Hall–Kier alpha value is -2.57. The van der Waals surface area contributed by atoms with Crippen molar-refractivity contribution in [2.45, 2.75) is 6.92 Å². The van der Waals surface area contributed by atoms with E-state index >= 15 is 0 Å². The van der Waals surface area contributed by atoms with Gasteiger partial charge in [-0.3, -0.25) is 4.79 Å². The fraction of sp³-hybridized carbons (Fsp3) is 0.308. The van der Waals surface area contributed by atoms with Crippen molar-refractivity contribution in [3.05, 3.63) is 29.8 Å². The minimum Gasteiger partial charge on any atom is -0.465 e. The summed E-state index contributed by atoms with van der Waals surface area (Å²) in [5.41, 5.74) is 0.957. The molecule has 3 N–H and O–H groups in total. The van der Waals surface area contributed by atoms with Crippen molar-refractivity contribution in [2.75, 3.05) is 25.5 Å². The Morgan fingerprint density at radius 3 is 2.20 bits per heavy atom. The molecule has 0 radical (unpaired) electrons. The van der Waals surface area contributed by atoms with Crippen LogP contribution in [0.3, 0.4) is 0 Å². The molecule has 0 heterocycles. The Morgan fingerprint density at radius 1 is 1.05 bits per heavy atom. The highest BCUT2D eigenvalue weighted by molar-refractivity contribution is 5.92. The van der Waals surface area contributed by atoms with E-state index in [-0.39, 0.29) is 11.9 Å². The van der Waals surface area contributed by atoms with Crippen molar-refractivity contribution < 1.29 is 19.1 Å². The lowest BCUT2D eigenvalue weighted by Crippen LogP contribution is -2.36. The smallest absolute Gasteiger partial charge is 0.337 e. The second-order valence-electron chi connectivity index (χ2n) is 3.93. The van der Waals surface area contributed by atoms with Crippen LogP contribution in [0.2, 0.25) is 0 Å². The molecule has 0 bridgehead atoms. The average Bonchev–Trinajstić information content (AvgIpc) is 2.43. The van der Waals surface area contributed by atoms with Crippen LogP contribution in [0.25, 0.3) is 0 Å². The third-order valence-corrected chi connectivity index (χ3v) is 2.35. The molecular formula is C13H17N3O4. The number of benzene rings is 1. The van der Waals surface area contributed by atoms with Gasteiger partial charge in [0, 0.05) is 25.7 Å². The summed E-state index contributed by atoms with van der Waals surface area (Å²) in [5, 5.41) is 7.74. The molecule has 1 rings (SSSR count). The van der Waals surface area contributed by atoms with Crippen LogP contribution in [-0.4, -0.2) is 38.1 Å². The molecule has 20 heavy (non-hydrogen) atoms. The molecule has 0 aliphatic carbocycles. The molecule has 3 amide bonds. The summed E-state index contributed by atoms with van der Waals surface area (Å²) in [5.74, 6) is -0.582. The van der Waals surface area contributed by atoms with Gasteiger partial charge in [0.15, 0.2) is 0 Å². The van der Waals surface area contributed by atoms with Gasteiger partial charge in [-0.2, -0.15) is 0 Å². The van der Waals surface area contributed by atoms with E-state index in [4.69, 9.17) is 0 Å². The molecule has 7 heteroatoms. The molecule has 7 nitrogen and oxygen atoms in total. The van der Waals surface area contributed by atoms with Gasteiger partial charge in [0.25, 0.3) is 0 Å². The van der Waals surface area contributed by atoms with E-state index in [1.807, 2.05) is 0 Å². The zero-order valence-electron chi connectivity index (χ0n) is 11.4. The first-order chi connectivity index (χ1) is 9.52. The van der Waals surface area contributed by atoms with E-state index < -0.39 is 5.97 Å². The summed E-state index contributed by atoms with van der Waals surface area (Å²) in [7, 11) is 1.30. The van der Waals surface area contributed by atoms with E-state index in [1.165, 1.54) is 14.0 Å². The third-order valence-electron chi connectivity index (χ3n) is 2.35. The quantitative estimate of drug-likeness (QED) is 0.547. The van der Waals surface area contributed by atoms with Crippen LogP contribution < -0.4 is 16.0 Å². The summed E-state index contributed by atoms with van der Waals surface area (Å²) < 4.78 is 4.57. The van der Waals surface area contributed by atoms with E-state index in [0.29, 0.717) is 24.3 Å². The number of amides is 3. The molecule has 0 saturated carbocycles. The highest BCUT2D eigenvalue weighted by atomic mass is 16.5. The topological polar surface area (TPSA) is 96.5 Å². The van der Waals surface area contributed by atoms with E-state index in [1.54, 1.807) is 24.3 Å². The minimum atomic E-state index is -0.434. The number of rotatable bonds is 5. The van der Waals surface area contributed by atoms with Gasteiger partial charge in [-0.1, -0.05) is 0 Å². The van der Waals surface area contributed by atoms with Gasteiger partial charge in [-0.25, -0.2) is 9.59 Å². The summed E-state index contributed by atoms with van der Waals surface area (Å²) in [6.07, 6.45) is 0. The summed E-state index contributed by atoms with van der Waals surface area (Å²) in [4.78, 5) is 33.3. The Balaban J connectivity index is 2.38. The third kappa shape index (κ3) is 5.38. The average molecular weight is 279 g/mol. The molecule has 0 saturated heterocycles. The van der Waals surface area contributed by atoms with Crippen LogP contribution in [0.15, 0.2) is 24.3 Å². The Kier molecular flexibility index (Phi) is 6.02. The molecule has 1 aromatic rings. The number of hydrogen-bond acceptors (Lipinski definition) is 4. The number of ether oxygens (including phenoxy) is 1. The van der Waals surface area contributed by atoms with Crippen LogP contribution in [-0.2, 0) is 9.53 Å². The molecule has 0 aromatic heterocycles. The maximum atomic E-state index is 11.5. The van der Waals surface area contributed by atoms with Crippen LogP contribution in [0, 0.1) is 0 Å². The summed E-state index contributed by atoms with van der Waals surface area (Å²) >= 11 is 0. The standard InChI is InChI=1S/C13H17N3O4/c1-9(17)14-7-8-15-13(19)16-11-5-3-10(4-6-11)12(18)20-2/h3-6H,7-8H2,1-2H3,(H,14,17)(H2,15,16,19). The maximum absolute atomic E-state index is 11.5. The van der Waals surface area contributed by atoms with Gasteiger partial charge in [0.1, 0.15) is 0 Å². The maximum Gasteiger partial charge on any atom is 0.337 e. The molecule has 0 spiro atoms. The molecule has 0 unspecified atom stereocenters. The zero-order valence-corrected chi connectivity index (χ0v) is 11.4. The Labute approximate surface area is 116 Å². The van der Waals surface area contributed by atoms with Crippen molar-refractivity contribution in [3.8, 4) is 0 Å².